The van der Waals surface area contributed by atoms with Gasteiger partial charge in [-0.15, -0.1) is 0 Å². The van der Waals surface area contributed by atoms with Gasteiger partial charge in [-0.05, 0) is 48.6 Å². The number of hydrogen-bond donors (Lipinski definition) is 2. The topological polar surface area (TPSA) is 106 Å². The van der Waals surface area contributed by atoms with Crippen LogP contribution in [0.2, 0.25) is 0 Å². The molecule has 0 radical (unpaired) electrons. The summed E-state index contributed by atoms with van der Waals surface area (Å²) in [6.07, 6.45) is 3.78. The smallest absolute Gasteiger partial charge is 0.231 e. The lowest BCUT2D eigenvalue weighted by molar-refractivity contribution is -0.120. The highest BCUT2D eigenvalue weighted by Gasteiger charge is 2.27. The van der Waals surface area contributed by atoms with Gasteiger partial charge in [-0.25, -0.2) is 4.98 Å². The molecule has 4 rings (SSSR count). The standard InChI is InChI=1S/C25H28N4O4/c1-15(30)27-22-13-20(9-10-26-22)32-19-8-7-16-5-6-17(11-18(16)12-19)24(31)28-23-14-21(29-33-23)25(2,3)4/h7-10,12-14,17H,5-6,11H2,1-4H3,(H,28,31)(H,26,27,30). The Balaban J connectivity index is 1.43. The second-order valence-corrected chi connectivity index (χ2v) is 9.35. The van der Waals surface area contributed by atoms with Crippen molar-refractivity contribution in [3.05, 3.63) is 59.4 Å². The maximum absolute atomic E-state index is 12.9. The molecule has 0 aliphatic heterocycles. The number of nitrogens with zero attached hydrogens (tertiary/aromatic N) is 2. The van der Waals surface area contributed by atoms with E-state index in [0.717, 1.165) is 24.1 Å². The number of anilines is 2. The number of rotatable bonds is 5. The number of fused-ring (bicyclic) bond motifs is 1. The van der Waals surface area contributed by atoms with Crippen molar-refractivity contribution < 1.29 is 18.8 Å². The summed E-state index contributed by atoms with van der Waals surface area (Å²) in [6.45, 7) is 7.56. The molecule has 0 spiro atoms. The normalized spacial score (nSPS) is 15.5. The van der Waals surface area contributed by atoms with Gasteiger partial charge in [0.2, 0.25) is 17.7 Å². The van der Waals surface area contributed by atoms with Gasteiger partial charge in [-0.2, -0.15) is 0 Å². The van der Waals surface area contributed by atoms with Gasteiger partial charge >= 0.3 is 0 Å². The maximum Gasteiger partial charge on any atom is 0.231 e. The van der Waals surface area contributed by atoms with E-state index >= 15 is 0 Å². The predicted molar refractivity (Wildman–Crippen MR) is 124 cm³/mol. The van der Waals surface area contributed by atoms with E-state index in [0.29, 0.717) is 29.6 Å². The van der Waals surface area contributed by atoms with Crippen LogP contribution in [-0.4, -0.2) is 22.0 Å². The van der Waals surface area contributed by atoms with Crippen LogP contribution in [0, 0.1) is 5.92 Å². The van der Waals surface area contributed by atoms with Crippen molar-refractivity contribution in [2.75, 3.05) is 10.6 Å². The van der Waals surface area contributed by atoms with Gasteiger partial charge in [-0.3, -0.25) is 14.9 Å². The first-order valence-corrected chi connectivity index (χ1v) is 11.0. The molecule has 0 saturated heterocycles. The van der Waals surface area contributed by atoms with Gasteiger partial charge in [-0.1, -0.05) is 32.0 Å². The summed E-state index contributed by atoms with van der Waals surface area (Å²) < 4.78 is 11.3. The summed E-state index contributed by atoms with van der Waals surface area (Å²) in [4.78, 5) is 28.2. The Bertz CT molecular complexity index is 1180. The third-order valence-corrected chi connectivity index (χ3v) is 5.57. The molecule has 0 fully saturated rings. The number of amides is 2. The highest BCUT2D eigenvalue weighted by atomic mass is 16.5. The van der Waals surface area contributed by atoms with Crippen molar-refractivity contribution in [2.45, 2.75) is 52.4 Å². The number of hydrogen-bond acceptors (Lipinski definition) is 6. The molecule has 8 heteroatoms. The zero-order valence-electron chi connectivity index (χ0n) is 19.3. The van der Waals surface area contributed by atoms with Crippen molar-refractivity contribution in [1.29, 1.82) is 0 Å². The Hall–Kier alpha value is -3.68. The van der Waals surface area contributed by atoms with Crippen LogP contribution in [-0.2, 0) is 27.8 Å². The molecule has 1 unspecified atom stereocenters. The van der Waals surface area contributed by atoms with E-state index in [-0.39, 0.29) is 23.1 Å². The molecule has 0 bridgehead atoms. The Morgan fingerprint density at radius 3 is 2.58 bits per heavy atom. The number of nitrogens with one attached hydrogen (secondary N) is 2. The molecule has 1 aromatic carbocycles. The summed E-state index contributed by atoms with van der Waals surface area (Å²) in [5.41, 5.74) is 2.95. The first-order chi connectivity index (χ1) is 15.7. The van der Waals surface area contributed by atoms with E-state index in [2.05, 4.69) is 20.8 Å². The fourth-order valence-electron chi connectivity index (χ4n) is 3.79. The molecule has 1 aliphatic carbocycles. The Morgan fingerprint density at radius 1 is 1.06 bits per heavy atom. The second-order valence-electron chi connectivity index (χ2n) is 9.35. The second kappa shape index (κ2) is 9.05. The van der Waals surface area contributed by atoms with E-state index in [4.69, 9.17) is 9.26 Å². The molecular weight excluding hydrogens is 420 g/mol. The molecule has 172 valence electrons. The quantitative estimate of drug-likeness (QED) is 0.577. The number of carbonyl (C=O) groups excluding carboxylic acids is 2. The fourth-order valence-corrected chi connectivity index (χ4v) is 3.79. The molecule has 2 amide bonds. The summed E-state index contributed by atoms with van der Waals surface area (Å²) >= 11 is 0. The Labute approximate surface area is 192 Å². The lowest BCUT2D eigenvalue weighted by Crippen LogP contribution is -2.28. The molecule has 2 aromatic heterocycles. The van der Waals surface area contributed by atoms with E-state index < -0.39 is 0 Å². The molecule has 3 aromatic rings. The first kappa shape index (κ1) is 22.5. The zero-order chi connectivity index (χ0) is 23.6. The van der Waals surface area contributed by atoms with Gasteiger partial charge in [0.25, 0.3) is 0 Å². The molecule has 33 heavy (non-hydrogen) atoms. The lowest BCUT2D eigenvalue weighted by Gasteiger charge is -2.24. The summed E-state index contributed by atoms with van der Waals surface area (Å²) in [7, 11) is 0. The SMILES string of the molecule is CC(=O)Nc1cc(Oc2ccc3c(c2)CC(C(=O)Nc2cc(C(C)(C)C)no2)CC3)ccn1. The monoisotopic (exact) mass is 448 g/mol. The third-order valence-electron chi connectivity index (χ3n) is 5.57. The van der Waals surface area contributed by atoms with E-state index in [1.807, 2.05) is 39.0 Å². The van der Waals surface area contributed by atoms with Gasteiger partial charge in [0, 0.05) is 36.6 Å². The number of carbonyl (C=O) groups is 2. The van der Waals surface area contributed by atoms with Crippen molar-refractivity contribution >= 4 is 23.5 Å². The van der Waals surface area contributed by atoms with Crippen LogP contribution in [0.15, 0.2) is 47.1 Å². The molecular formula is C25H28N4O4. The van der Waals surface area contributed by atoms with Crippen LogP contribution in [0.1, 0.15) is 50.9 Å². The van der Waals surface area contributed by atoms with E-state index in [1.54, 1.807) is 24.4 Å². The van der Waals surface area contributed by atoms with Crippen molar-refractivity contribution in [1.82, 2.24) is 10.1 Å². The average Bonchev–Trinajstić information content (AvgIpc) is 3.22. The van der Waals surface area contributed by atoms with Crippen LogP contribution in [0.4, 0.5) is 11.7 Å². The van der Waals surface area contributed by atoms with Crippen LogP contribution < -0.4 is 15.4 Å². The van der Waals surface area contributed by atoms with Gasteiger partial charge in [0.05, 0.1) is 5.69 Å². The van der Waals surface area contributed by atoms with Crippen LogP contribution in [0.3, 0.4) is 0 Å². The van der Waals surface area contributed by atoms with Crippen LogP contribution >= 0.6 is 0 Å². The maximum atomic E-state index is 12.9. The van der Waals surface area contributed by atoms with E-state index in [9.17, 15) is 9.59 Å². The lowest BCUT2D eigenvalue weighted by atomic mass is 9.83. The molecule has 0 saturated carbocycles. The number of benzene rings is 1. The summed E-state index contributed by atoms with van der Waals surface area (Å²) in [6, 6.07) is 11.1. The van der Waals surface area contributed by atoms with Gasteiger partial charge in [0.1, 0.15) is 17.3 Å². The summed E-state index contributed by atoms with van der Waals surface area (Å²) in [5, 5.41) is 9.57. The van der Waals surface area contributed by atoms with Crippen LogP contribution in [0.5, 0.6) is 11.5 Å². The minimum atomic E-state index is -0.197. The minimum absolute atomic E-state index is 0.0716. The Morgan fingerprint density at radius 2 is 1.85 bits per heavy atom. The highest BCUT2D eigenvalue weighted by Crippen LogP contribution is 2.32. The number of aryl methyl sites for hydroxylation is 1. The summed E-state index contributed by atoms with van der Waals surface area (Å²) in [5.74, 6) is 1.61. The minimum Gasteiger partial charge on any atom is -0.457 e. The molecule has 2 N–H and O–H groups in total. The molecule has 2 heterocycles. The number of pyridine rings is 1. The van der Waals surface area contributed by atoms with Crippen molar-refractivity contribution in [3.8, 4) is 11.5 Å². The van der Waals surface area contributed by atoms with Crippen LogP contribution in [0.25, 0.3) is 0 Å². The fraction of sp³-hybridized carbons (Fsp3) is 0.360. The zero-order valence-corrected chi connectivity index (χ0v) is 19.3. The Kier molecular flexibility index (Phi) is 6.18. The average molecular weight is 449 g/mol. The number of ether oxygens (including phenoxy) is 1. The van der Waals surface area contributed by atoms with Gasteiger partial charge in [0.15, 0.2) is 0 Å². The number of aromatic nitrogens is 2. The van der Waals surface area contributed by atoms with E-state index in [1.165, 1.54) is 12.5 Å². The molecule has 1 atom stereocenters. The molecule has 1 aliphatic rings. The van der Waals surface area contributed by atoms with Crippen molar-refractivity contribution in [2.24, 2.45) is 5.92 Å². The third kappa shape index (κ3) is 5.58. The molecule has 8 nitrogen and oxygen atoms in total. The first-order valence-electron chi connectivity index (χ1n) is 11.0. The highest BCUT2D eigenvalue weighted by molar-refractivity contribution is 5.91. The predicted octanol–water partition coefficient (Wildman–Crippen LogP) is 4.86. The van der Waals surface area contributed by atoms with Gasteiger partial charge < -0.3 is 14.6 Å². The van der Waals surface area contributed by atoms with Crippen molar-refractivity contribution in [3.63, 3.8) is 0 Å². The largest absolute Gasteiger partial charge is 0.457 e.